The van der Waals surface area contributed by atoms with Gasteiger partial charge in [0, 0.05) is 24.9 Å². The molecule has 4 heteroatoms. The minimum atomic E-state index is -0.0330. The highest BCUT2D eigenvalue weighted by atomic mass is 16.5. The van der Waals surface area contributed by atoms with Crippen LogP contribution >= 0.6 is 0 Å². The fourth-order valence-corrected chi connectivity index (χ4v) is 3.39. The molecule has 1 heterocycles. The van der Waals surface area contributed by atoms with Gasteiger partial charge in [0.1, 0.15) is 5.75 Å². The molecule has 3 rings (SSSR count). The monoisotopic (exact) mass is 350 g/mol. The number of amides is 2. The first-order chi connectivity index (χ1) is 12.8. The average Bonchev–Trinajstić information content (AvgIpc) is 2.69. The number of methoxy groups -OCH3 is 1. The Balaban J connectivity index is 1.45. The standard InChI is InChI=1S/C22H26N2O2/c1-26-21-10-6-5-9-20(21)11-14-23-22(25)24-15-12-19(13-16-24)17-18-7-3-2-4-8-18/h2-11,14,19H,12-13,15-17H2,1H3,(H,23,25)/b14-11+. The molecule has 0 saturated carbocycles. The summed E-state index contributed by atoms with van der Waals surface area (Å²) in [5.74, 6) is 1.45. The van der Waals surface area contributed by atoms with Crippen LogP contribution in [0.5, 0.6) is 5.75 Å². The summed E-state index contributed by atoms with van der Waals surface area (Å²) in [6, 6.07) is 18.3. The maximum absolute atomic E-state index is 12.3. The number of benzene rings is 2. The molecule has 2 aromatic rings. The third kappa shape index (κ3) is 4.88. The summed E-state index contributed by atoms with van der Waals surface area (Å²) < 4.78 is 5.31. The molecule has 0 spiro atoms. The van der Waals surface area contributed by atoms with Crippen molar-refractivity contribution < 1.29 is 9.53 Å². The Labute approximate surface area is 155 Å². The second kappa shape index (κ2) is 9.09. The largest absolute Gasteiger partial charge is 0.496 e. The van der Waals surface area contributed by atoms with Crippen molar-refractivity contribution in [2.24, 2.45) is 5.92 Å². The van der Waals surface area contributed by atoms with E-state index in [-0.39, 0.29) is 6.03 Å². The highest BCUT2D eigenvalue weighted by Crippen LogP contribution is 2.22. The van der Waals surface area contributed by atoms with E-state index in [1.807, 2.05) is 35.2 Å². The molecule has 0 radical (unpaired) electrons. The van der Waals surface area contributed by atoms with Crippen molar-refractivity contribution >= 4 is 12.1 Å². The number of nitrogens with one attached hydrogen (secondary N) is 1. The summed E-state index contributed by atoms with van der Waals surface area (Å²) in [7, 11) is 1.64. The predicted molar refractivity (Wildman–Crippen MR) is 105 cm³/mol. The number of rotatable bonds is 5. The van der Waals surface area contributed by atoms with Crippen molar-refractivity contribution in [1.82, 2.24) is 10.2 Å². The van der Waals surface area contributed by atoms with Gasteiger partial charge in [-0.2, -0.15) is 0 Å². The number of hydrogen-bond acceptors (Lipinski definition) is 2. The summed E-state index contributed by atoms with van der Waals surface area (Å²) in [5.41, 5.74) is 2.33. The average molecular weight is 350 g/mol. The van der Waals surface area contributed by atoms with Crippen molar-refractivity contribution in [3.8, 4) is 5.75 Å². The van der Waals surface area contributed by atoms with Gasteiger partial charge in [-0.3, -0.25) is 0 Å². The van der Waals surface area contributed by atoms with Gasteiger partial charge in [-0.25, -0.2) is 4.79 Å². The lowest BCUT2D eigenvalue weighted by Crippen LogP contribution is -2.43. The van der Waals surface area contributed by atoms with Gasteiger partial charge >= 0.3 is 6.03 Å². The van der Waals surface area contributed by atoms with Crippen LogP contribution in [0.2, 0.25) is 0 Å². The van der Waals surface area contributed by atoms with Gasteiger partial charge in [-0.05, 0) is 42.9 Å². The molecule has 4 nitrogen and oxygen atoms in total. The van der Waals surface area contributed by atoms with Crippen LogP contribution in [-0.4, -0.2) is 31.1 Å². The first-order valence-electron chi connectivity index (χ1n) is 9.15. The van der Waals surface area contributed by atoms with Gasteiger partial charge in [0.2, 0.25) is 0 Å². The van der Waals surface area contributed by atoms with E-state index < -0.39 is 0 Å². The zero-order valence-electron chi connectivity index (χ0n) is 15.2. The number of ether oxygens (including phenoxy) is 1. The van der Waals surface area contributed by atoms with E-state index in [2.05, 4.69) is 35.6 Å². The third-order valence-corrected chi connectivity index (χ3v) is 4.88. The Kier molecular flexibility index (Phi) is 6.31. The molecular formula is C22H26N2O2. The number of piperidine rings is 1. The minimum absolute atomic E-state index is 0.0330. The summed E-state index contributed by atoms with van der Waals surface area (Å²) >= 11 is 0. The lowest BCUT2D eigenvalue weighted by Gasteiger charge is -2.31. The molecule has 2 amide bonds. The van der Waals surface area contributed by atoms with Gasteiger partial charge in [-0.15, -0.1) is 0 Å². The van der Waals surface area contributed by atoms with Gasteiger partial charge < -0.3 is 15.0 Å². The maximum Gasteiger partial charge on any atom is 0.321 e. The zero-order valence-corrected chi connectivity index (χ0v) is 15.2. The number of likely N-dealkylation sites (tertiary alicyclic amines) is 1. The van der Waals surface area contributed by atoms with Crippen molar-refractivity contribution in [2.75, 3.05) is 20.2 Å². The Morgan fingerprint density at radius 3 is 2.54 bits per heavy atom. The second-order valence-electron chi connectivity index (χ2n) is 6.64. The Morgan fingerprint density at radius 2 is 1.81 bits per heavy atom. The lowest BCUT2D eigenvalue weighted by molar-refractivity contribution is 0.173. The summed E-state index contributed by atoms with van der Waals surface area (Å²) in [4.78, 5) is 14.2. The minimum Gasteiger partial charge on any atom is -0.496 e. The molecule has 1 aliphatic rings. The summed E-state index contributed by atoms with van der Waals surface area (Å²) in [5, 5.41) is 2.87. The molecule has 1 saturated heterocycles. The van der Waals surface area contributed by atoms with Gasteiger partial charge in [0.15, 0.2) is 0 Å². The fraction of sp³-hybridized carbons (Fsp3) is 0.318. The normalized spacial score (nSPS) is 15.2. The first kappa shape index (κ1) is 18.1. The van der Waals surface area contributed by atoms with Crippen molar-refractivity contribution in [3.63, 3.8) is 0 Å². The number of para-hydroxylation sites is 1. The number of nitrogens with zero attached hydrogens (tertiary/aromatic N) is 1. The first-order valence-corrected chi connectivity index (χ1v) is 9.15. The smallest absolute Gasteiger partial charge is 0.321 e. The van der Waals surface area contributed by atoms with Crippen LogP contribution in [0.15, 0.2) is 60.8 Å². The quantitative estimate of drug-likeness (QED) is 0.872. The number of urea groups is 1. The number of carbonyl (C=O) groups is 1. The molecule has 1 N–H and O–H groups in total. The summed E-state index contributed by atoms with van der Waals surface area (Å²) in [6.45, 7) is 1.62. The van der Waals surface area contributed by atoms with E-state index in [0.717, 1.165) is 43.7 Å². The Bertz CT molecular complexity index is 735. The van der Waals surface area contributed by atoms with Crippen LogP contribution in [0.1, 0.15) is 24.0 Å². The maximum atomic E-state index is 12.3. The van der Waals surface area contributed by atoms with E-state index in [1.54, 1.807) is 13.3 Å². The van der Waals surface area contributed by atoms with E-state index in [9.17, 15) is 4.79 Å². The second-order valence-corrected chi connectivity index (χ2v) is 6.64. The molecule has 0 atom stereocenters. The SMILES string of the molecule is COc1ccccc1/C=C/NC(=O)N1CCC(Cc2ccccc2)CC1. The van der Waals surface area contributed by atoms with Crippen LogP contribution in [0.3, 0.4) is 0 Å². The van der Waals surface area contributed by atoms with Gasteiger partial charge in [-0.1, -0.05) is 48.5 Å². The molecule has 0 aromatic heterocycles. The number of hydrogen-bond donors (Lipinski definition) is 1. The van der Waals surface area contributed by atoms with E-state index in [4.69, 9.17) is 4.74 Å². The van der Waals surface area contributed by atoms with E-state index in [0.29, 0.717) is 5.92 Å². The highest BCUT2D eigenvalue weighted by Gasteiger charge is 2.22. The van der Waals surface area contributed by atoms with Crippen LogP contribution in [0, 0.1) is 5.92 Å². The third-order valence-electron chi connectivity index (χ3n) is 4.88. The predicted octanol–water partition coefficient (Wildman–Crippen LogP) is 4.33. The molecule has 2 aromatic carbocycles. The number of carbonyl (C=O) groups excluding carboxylic acids is 1. The Morgan fingerprint density at radius 1 is 1.12 bits per heavy atom. The molecule has 0 bridgehead atoms. The molecular weight excluding hydrogens is 324 g/mol. The molecule has 0 aliphatic carbocycles. The molecule has 136 valence electrons. The van der Waals surface area contributed by atoms with Crippen molar-refractivity contribution in [2.45, 2.75) is 19.3 Å². The molecule has 0 unspecified atom stereocenters. The zero-order chi connectivity index (χ0) is 18.2. The molecule has 1 fully saturated rings. The van der Waals surface area contributed by atoms with E-state index >= 15 is 0 Å². The fourth-order valence-electron chi connectivity index (χ4n) is 3.39. The molecule has 1 aliphatic heterocycles. The van der Waals surface area contributed by atoms with Crippen LogP contribution < -0.4 is 10.1 Å². The summed E-state index contributed by atoms with van der Waals surface area (Å²) in [6.07, 6.45) is 6.76. The lowest BCUT2D eigenvalue weighted by atomic mass is 9.90. The highest BCUT2D eigenvalue weighted by molar-refractivity contribution is 5.76. The topological polar surface area (TPSA) is 41.6 Å². The van der Waals surface area contributed by atoms with Crippen molar-refractivity contribution in [1.29, 1.82) is 0 Å². The van der Waals surface area contributed by atoms with E-state index in [1.165, 1.54) is 5.56 Å². The molecule has 26 heavy (non-hydrogen) atoms. The van der Waals surface area contributed by atoms with Gasteiger partial charge in [0.25, 0.3) is 0 Å². The van der Waals surface area contributed by atoms with Crippen molar-refractivity contribution in [3.05, 3.63) is 71.9 Å². The Hall–Kier alpha value is -2.75. The van der Waals surface area contributed by atoms with Crippen LogP contribution in [0.25, 0.3) is 6.08 Å². The van der Waals surface area contributed by atoms with Gasteiger partial charge in [0.05, 0.1) is 7.11 Å². The van der Waals surface area contributed by atoms with Crippen LogP contribution in [0.4, 0.5) is 4.79 Å². The van der Waals surface area contributed by atoms with Crippen LogP contribution in [-0.2, 0) is 6.42 Å².